The smallest absolute Gasteiger partial charge is 0.187 e. The molecule has 3 heterocycles. The second-order valence-electron chi connectivity index (χ2n) is 5.76. The average molecular weight is 366 g/mol. The van der Waals surface area contributed by atoms with Crippen molar-refractivity contribution in [2.24, 2.45) is 0 Å². The van der Waals surface area contributed by atoms with E-state index in [0.29, 0.717) is 10.7 Å². The van der Waals surface area contributed by atoms with Gasteiger partial charge in [0.25, 0.3) is 0 Å². The number of nitrogens with zero attached hydrogens (tertiary/aromatic N) is 3. The van der Waals surface area contributed by atoms with Gasteiger partial charge in [0.1, 0.15) is 18.3 Å². The number of fused-ring (bicyclic) bond motifs is 1. The van der Waals surface area contributed by atoms with Crippen LogP contribution < -0.4 is 5.32 Å². The molecule has 1 unspecified atom stereocenters. The monoisotopic (exact) mass is 366 g/mol. The molecular weight excluding hydrogens is 351 g/mol. The molecule has 1 aromatic carbocycles. The highest BCUT2D eigenvalue weighted by molar-refractivity contribution is 7.98. The minimum Gasteiger partial charge on any atom is -0.359 e. The van der Waals surface area contributed by atoms with Gasteiger partial charge in [0.2, 0.25) is 0 Å². The quantitative estimate of drug-likeness (QED) is 0.510. The first-order chi connectivity index (χ1) is 12.7. The number of aldehydes is 1. The number of carbonyl (C=O) groups is 1. The number of halogens is 1. The first-order valence-corrected chi connectivity index (χ1v) is 9.20. The lowest BCUT2D eigenvalue weighted by molar-refractivity contribution is -0.104. The maximum Gasteiger partial charge on any atom is 0.187 e. The summed E-state index contributed by atoms with van der Waals surface area (Å²) in [6.07, 6.45) is 9.72. The summed E-state index contributed by atoms with van der Waals surface area (Å²) in [6.45, 7) is 0. The van der Waals surface area contributed by atoms with Crippen LogP contribution in [-0.4, -0.2) is 33.6 Å². The predicted molar refractivity (Wildman–Crippen MR) is 99.1 cm³/mol. The highest BCUT2D eigenvalue weighted by Gasteiger charge is 2.33. The minimum absolute atomic E-state index is 0.206. The van der Waals surface area contributed by atoms with Crippen molar-refractivity contribution in [3.05, 3.63) is 77.5 Å². The van der Waals surface area contributed by atoms with E-state index in [1.807, 2.05) is 29.5 Å². The zero-order valence-electron chi connectivity index (χ0n) is 13.9. The Bertz CT molecular complexity index is 952. The summed E-state index contributed by atoms with van der Waals surface area (Å²) in [5.41, 5.74) is 3.89. The van der Waals surface area contributed by atoms with E-state index >= 15 is 0 Å². The van der Waals surface area contributed by atoms with Crippen molar-refractivity contribution >= 4 is 29.4 Å². The molecule has 0 saturated heterocycles. The van der Waals surface area contributed by atoms with Crippen LogP contribution in [0.5, 0.6) is 0 Å². The molecule has 26 heavy (non-hydrogen) atoms. The van der Waals surface area contributed by atoms with Crippen molar-refractivity contribution in [1.29, 1.82) is 0 Å². The van der Waals surface area contributed by atoms with Gasteiger partial charge in [0.05, 0.1) is 17.1 Å². The van der Waals surface area contributed by atoms with E-state index < -0.39 is 0 Å². The molecule has 0 aliphatic carbocycles. The fourth-order valence-electron chi connectivity index (χ4n) is 2.99. The molecular formula is C19H15FN4OS. The van der Waals surface area contributed by atoms with Gasteiger partial charge >= 0.3 is 0 Å². The average Bonchev–Trinajstić information content (AvgIpc) is 3.07. The van der Waals surface area contributed by atoms with Gasteiger partial charge in [-0.25, -0.2) is 14.4 Å². The molecule has 1 aromatic heterocycles. The summed E-state index contributed by atoms with van der Waals surface area (Å²) in [5, 5.41) is 4.08. The summed E-state index contributed by atoms with van der Waals surface area (Å²) in [6, 6.07) is 8.14. The van der Waals surface area contributed by atoms with Crippen LogP contribution in [0.3, 0.4) is 0 Å². The molecule has 0 bridgehead atoms. The van der Waals surface area contributed by atoms with Crippen molar-refractivity contribution in [3.63, 3.8) is 0 Å². The molecule has 2 aromatic rings. The Hall–Kier alpha value is -2.93. The van der Waals surface area contributed by atoms with E-state index in [9.17, 15) is 9.18 Å². The Labute approximate surface area is 154 Å². The molecule has 0 spiro atoms. The molecule has 7 heteroatoms. The number of thioether (sulfide) groups is 1. The summed E-state index contributed by atoms with van der Waals surface area (Å²) < 4.78 is 13.4. The predicted octanol–water partition coefficient (Wildman–Crippen LogP) is 3.05. The standard InChI is InChI=1S/C19H15FN4OS/c1-26-19-21-8-6-15(22-19)18-17(13-2-4-14(20)5-3-13)23-16-10-12(11-25)7-9-24(16)18/h2-11,16,23H,1H3. The molecule has 130 valence electrons. The SMILES string of the molecule is CSc1nccc(C2=C(c3ccc(F)cc3)NC3C=C(C=O)C=CN23)n1. The van der Waals surface area contributed by atoms with Crippen LogP contribution in [0, 0.1) is 5.82 Å². The van der Waals surface area contributed by atoms with E-state index in [1.165, 1.54) is 23.9 Å². The van der Waals surface area contributed by atoms with Crippen LogP contribution in [0.25, 0.3) is 11.4 Å². The fourth-order valence-corrected chi connectivity index (χ4v) is 3.35. The lowest BCUT2D eigenvalue weighted by atomic mass is 10.1. The van der Waals surface area contributed by atoms with Crippen molar-refractivity contribution < 1.29 is 9.18 Å². The van der Waals surface area contributed by atoms with Crippen LogP contribution >= 0.6 is 11.8 Å². The highest BCUT2D eigenvalue weighted by Crippen LogP contribution is 2.36. The molecule has 1 N–H and O–H groups in total. The lowest BCUT2D eigenvalue weighted by Crippen LogP contribution is -2.34. The third-order valence-electron chi connectivity index (χ3n) is 4.19. The maximum atomic E-state index is 13.4. The van der Waals surface area contributed by atoms with Gasteiger partial charge in [-0.1, -0.05) is 11.8 Å². The van der Waals surface area contributed by atoms with Crippen molar-refractivity contribution in [3.8, 4) is 0 Å². The zero-order valence-corrected chi connectivity index (χ0v) is 14.7. The van der Waals surface area contributed by atoms with Crippen LogP contribution in [0.2, 0.25) is 0 Å². The third kappa shape index (κ3) is 2.90. The Balaban J connectivity index is 1.86. The number of nitrogens with one attached hydrogen (secondary N) is 1. The summed E-state index contributed by atoms with van der Waals surface area (Å²) >= 11 is 1.46. The fraction of sp³-hybridized carbons (Fsp3) is 0.105. The van der Waals surface area contributed by atoms with Gasteiger partial charge in [-0.2, -0.15) is 0 Å². The number of carbonyl (C=O) groups excluding carboxylic acids is 1. The van der Waals surface area contributed by atoms with Gasteiger partial charge in [-0.05, 0) is 48.7 Å². The summed E-state index contributed by atoms with van der Waals surface area (Å²) in [4.78, 5) is 22.0. The number of allylic oxidation sites excluding steroid dienone is 2. The summed E-state index contributed by atoms with van der Waals surface area (Å²) in [7, 11) is 0. The van der Waals surface area contributed by atoms with Gasteiger partial charge < -0.3 is 10.2 Å². The van der Waals surface area contributed by atoms with Crippen molar-refractivity contribution in [2.75, 3.05) is 6.26 Å². The number of hydrogen-bond donors (Lipinski definition) is 1. The Morgan fingerprint density at radius 3 is 2.81 bits per heavy atom. The van der Waals surface area contributed by atoms with Crippen LogP contribution in [0.15, 0.2) is 65.6 Å². The highest BCUT2D eigenvalue weighted by atomic mass is 32.2. The maximum absolute atomic E-state index is 13.4. The van der Waals surface area contributed by atoms with E-state index in [-0.39, 0.29) is 12.0 Å². The molecule has 0 fully saturated rings. The number of rotatable bonds is 4. The lowest BCUT2D eigenvalue weighted by Gasteiger charge is -2.26. The molecule has 0 amide bonds. The number of aromatic nitrogens is 2. The van der Waals surface area contributed by atoms with Crippen molar-refractivity contribution in [2.45, 2.75) is 11.3 Å². The molecule has 2 aliphatic heterocycles. The van der Waals surface area contributed by atoms with Gasteiger partial charge in [-0.15, -0.1) is 0 Å². The van der Waals surface area contributed by atoms with Crippen molar-refractivity contribution in [1.82, 2.24) is 20.2 Å². The van der Waals surface area contributed by atoms with Gasteiger partial charge in [0, 0.05) is 23.5 Å². The Morgan fingerprint density at radius 2 is 2.08 bits per heavy atom. The third-order valence-corrected chi connectivity index (χ3v) is 4.75. The second-order valence-corrected chi connectivity index (χ2v) is 6.53. The Morgan fingerprint density at radius 1 is 1.27 bits per heavy atom. The minimum atomic E-state index is -0.290. The molecule has 0 radical (unpaired) electrons. The van der Waals surface area contributed by atoms with Gasteiger partial charge in [0.15, 0.2) is 5.16 Å². The Kier molecular flexibility index (Phi) is 4.30. The zero-order chi connectivity index (χ0) is 18.1. The van der Waals surface area contributed by atoms with E-state index in [1.54, 1.807) is 24.4 Å². The first kappa shape index (κ1) is 16.5. The second kappa shape index (κ2) is 6.76. The normalized spacial score (nSPS) is 18.5. The van der Waals surface area contributed by atoms with E-state index in [2.05, 4.69) is 15.3 Å². The van der Waals surface area contributed by atoms with Crippen LogP contribution in [-0.2, 0) is 4.79 Å². The molecule has 4 rings (SSSR count). The van der Waals surface area contributed by atoms with E-state index in [0.717, 1.165) is 28.9 Å². The molecule has 1 atom stereocenters. The number of benzene rings is 1. The molecule has 2 aliphatic rings. The molecule has 5 nitrogen and oxygen atoms in total. The van der Waals surface area contributed by atoms with Gasteiger partial charge in [-0.3, -0.25) is 4.79 Å². The molecule has 0 saturated carbocycles. The first-order valence-electron chi connectivity index (χ1n) is 7.97. The topological polar surface area (TPSA) is 58.1 Å². The number of hydrogen-bond acceptors (Lipinski definition) is 6. The van der Waals surface area contributed by atoms with Crippen LogP contribution in [0.1, 0.15) is 11.3 Å². The van der Waals surface area contributed by atoms with E-state index in [4.69, 9.17) is 0 Å². The van der Waals surface area contributed by atoms with Crippen LogP contribution in [0.4, 0.5) is 4.39 Å². The summed E-state index contributed by atoms with van der Waals surface area (Å²) in [5.74, 6) is -0.290. The largest absolute Gasteiger partial charge is 0.359 e.